The van der Waals surface area contributed by atoms with Gasteiger partial charge in [0.2, 0.25) is 5.91 Å². The maximum absolute atomic E-state index is 11.4. The number of benzene rings is 1. The summed E-state index contributed by atoms with van der Waals surface area (Å²) in [5, 5.41) is 14.4. The molecule has 1 amide bonds. The van der Waals surface area contributed by atoms with Crippen LogP contribution in [0.4, 0.5) is 0 Å². The molecule has 1 atom stereocenters. The Morgan fingerprint density at radius 2 is 2.35 bits per heavy atom. The maximum atomic E-state index is 11.4. The molecule has 0 saturated heterocycles. The van der Waals surface area contributed by atoms with Gasteiger partial charge in [-0.1, -0.05) is 17.7 Å². The molecule has 0 spiro atoms. The van der Waals surface area contributed by atoms with E-state index in [4.69, 9.17) is 11.6 Å². The lowest BCUT2D eigenvalue weighted by Crippen LogP contribution is -2.54. The molecule has 0 bridgehead atoms. The van der Waals surface area contributed by atoms with Gasteiger partial charge in [0, 0.05) is 29.9 Å². The molecule has 4 nitrogen and oxygen atoms in total. The van der Waals surface area contributed by atoms with Crippen LogP contribution < -0.4 is 5.32 Å². The summed E-state index contributed by atoms with van der Waals surface area (Å²) in [6, 6.07) is 5.78. The number of hydrogen-bond donors (Lipinski definition) is 3. The van der Waals surface area contributed by atoms with Crippen molar-refractivity contribution in [1.82, 2.24) is 10.3 Å². The normalized spacial score (nSPS) is 21.8. The summed E-state index contributed by atoms with van der Waals surface area (Å²) in [7, 11) is 0. The number of aromatic amines is 1. The first-order valence-corrected chi connectivity index (χ1v) is 7.10. The number of aryl methyl sites for hydroxylation is 1. The van der Waals surface area contributed by atoms with Gasteiger partial charge in [-0.05, 0) is 30.5 Å². The molecule has 3 N–H and O–H groups in total. The number of nitrogens with one attached hydrogen (secondary N) is 2. The van der Waals surface area contributed by atoms with Crippen molar-refractivity contribution in [3.8, 4) is 0 Å². The number of rotatable bonds is 2. The monoisotopic (exact) mass is 292 g/mol. The van der Waals surface area contributed by atoms with E-state index in [1.807, 2.05) is 18.2 Å². The highest BCUT2D eigenvalue weighted by molar-refractivity contribution is 6.35. The summed E-state index contributed by atoms with van der Waals surface area (Å²) in [6.45, 7) is 1.41. The Morgan fingerprint density at radius 1 is 1.55 bits per heavy atom. The van der Waals surface area contributed by atoms with Gasteiger partial charge in [-0.3, -0.25) is 4.79 Å². The first kappa shape index (κ1) is 13.5. The van der Waals surface area contributed by atoms with Crippen molar-refractivity contribution < 1.29 is 9.90 Å². The van der Waals surface area contributed by atoms with E-state index in [0.717, 1.165) is 35.0 Å². The average Bonchev–Trinajstić information content (AvgIpc) is 2.77. The Bertz CT molecular complexity index is 680. The van der Waals surface area contributed by atoms with Crippen LogP contribution >= 0.6 is 11.6 Å². The lowest BCUT2D eigenvalue weighted by atomic mass is 9.80. The van der Waals surface area contributed by atoms with Crippen LogP contribution in [0.5, 0.6) is 0 Å². The second-order valence-electron chi connectivity index (χ2n) is 5.54. The Labute approximate surface area is 122 Å². The highest BCUT2D eigenvalue weighted by Crippen LogP contribution is 2.36. The van der Waals surface area contributed by atoms with Gasteiger partial charge in [0.05, 0.1) is 17.2 Å². The van der Waals surface area contributed by atoms with Crippen LogP contribution in [0.1, 0.15) is 24.6 Å². The second kappa shape index (κ2) is 4.79. The molecule has 106 valence electrons. The molecular weight excluding hydrogens is 276 g/mol. The van der Waals surface area contributed by atoms with Gasteiger partial charge in [0.1, 0.15) is 0 Å². The van der Waals surface area contributed by atoms with E-state index in [2.05, 4.69) is 10.3 Å². The van der Waals surface area contributed by atoms with E-state index < -0.39 is 5.54 Å². The minimum absolute atomic E-state index is 0.0663. The van der Waals surface area contributed by atoms with E-state index in [0.29, 0.717) is 11.4 Å². The zero-order chi connectivity index (χ0) is 14.3. The summed E-state index contributed by atoms with van der Waals surface area (Å²) in [4.78, 5) is 14.8. The Morgan fingerprint density at radius 3 is 3.05 bits per heavy atom. The average molecular weight is 293 g/mol. The third kappa shape index (κ3) is 2.09. The van der Waals surface area contributed by atoms with Gasteiger partial charge in [-0.2, -0.15) is 0 Å². The zero-order valence-electron chi connectivity index (χ0n) is 11.3. The number of carbonyl (C=O) groups is 1. The van der Waals surface area contributed by atoms with Crippen LogP contribution in [0.3, 0.4) is 0 Å². The van der Waals surface area contributed by atoms with E-state index in [1.165, 1.54) is 6.92 Å². The van der Waals surface area contributed by atoms with Crippen LogP contribution in [-0.2, 0) is 17.6 Å². The molecular formula is C15H17ClN2O2. The number of carbonyl (C=O) groups excluding carboxylic acids is 1. The first-order chi connectivity index (χ1) is 9.54. The Kier molecular flexibility index (Phi) is 3.22. The molecule has 5 heteroatoms. The number of aliphatic hydroxyl groups excluding tert-OH is 1. The van der Waals surface area contributed by atoms with Gasteiger partial charge < -0.3 is 15.4 Å². The fourth-order valence-electron chi connectivity index (χ4n) is 3.18. The molecule has 0 fully saturated rings. The highest BCUT2D eigenvalue weighted by atomic mass is 35.5. The number of aliphatic hydroxyl groups is 1. The molecule has 1 aliphatic rings. The molecule has 1 aromatic heterocycles. The van der Waals surface area contributed by atoms with Gasteiger partial charge >= 0.3 is 0 Å². The number of H-pyrrole nitrogens is 1. The summed E-state index contributed by atoms with van der Waals surface area (Å²) in [5.41, 5.74) is 2.70. The smallest absolute Gasteiger partial charge is 0.217 e. The summed E-state index contributed by atoms with van der Waals surface area (Å²) >= 11 is 6.31. The van der Waals surface area contributed by atoms with Crippen LogP contribution in [0, 0.1) is 0 Å². The minimum Gasteiger partial charge on any atom is -0.394 e. The molecule has 0 radical (unpaired) electrons. The minimum atomic E-state index is -0.576. The zero-order valence-corrected chi connectivity index (χ0v) is 12.0. The topological polar surface area (TPSA) is 65.1 Å². The lowest BCUT2D eigenvalue weighted by Gasteiger charge is -2.36. The van der Waals surface area contributed by atoms with Crippen molar-refractivity contribution >= 4 is 28.4 Å². The fraction of sp³-hybridized carbons (Fsp3) is 0.400. The van der Waals surface area contributed by atoms with Crippen LogP contribution in [0.2, 0.25) is 5.02 Å². The first-order valence-electron chi connectivity index (χ1n) is 6.72. The predicted octanol–water partition coefficient (Wildman–Crippen LogP) is 2.18. The number of hydrogen-bond acceptors (Lipinski definition) is 2. The number of halogens is 1. The van der Waals surface area contributed by atoms with Crippen molar-refractivity contribution in [2.75, 3.05) is 6.61 Å². The molecule has 1 aromatic carbocycles. The highest BCUT2D eigenvalue weighted by Gasteiger charge is 2.36. The number of amides is 1. The van der Waals surface area contributed by atoms with E-state index >= 15 is 0 Å². The quantitative estimate of drug-likeness (QED) is 0.794. The van der Waals surface area contributed by atoms with Gasteiger partial charge in [-0.25, -0.2) is 0 Å². The Balaban J connectivity index is 2.09. The number of aromatic nitrogens is 1. The molecule has 1 aliphatic carbocycles. The van der Waals surface area contributed by atoms with Crippen molar-refractivity contribution in [3.63, 3.8) is 0 Å². The molecule has 3 rings (SSSR count). The predicted molar refractivity (Wildman–Crippen MR) is 79.0 cm³/mol. The molecule has 1 heterocycles. The molecule has 1 unspecified atom stereocenters. The van der Waals surface area contributed by atoms with Gasteiger partial charge in [0.25, 0.3) is 0 Å². The van der Waals surface area contributed by atoms with E-state index in [-0.39, 0.29) is 12.5 Å². The third-order valence-electron chi connectivity index (χ3n) is 4.08. The Hall–Kier alpha value is -1.52. The van der Waals surface area contributed by atoms with Crippen LogP contribution in [-0.4, -0.2) is 28.1 Å². The maximum Gasteiger partial charge on any atom is 0.217 e. The summed E-state index contributed by atoms with van der Waals surface area (Å²) in [6.07, 6.45) is 2.11. The summed E-state index contributed by atoms with van der Waals surface area (Å²) in [5.74, 6) is -0.117. The van der Waals surface area contributed by atoms with Crippen molar-refractivity contribution in [1.29, 1.82) is 0 Å². The molecule has 20 heavy (non-hydrogen) atoms. The fourth-order valence-corrected chi connectivity index (χ4v) is 3.47. The number of fused-ring (bicyclic) bond motifs is 3. The van der Waals surface area contributed by atoms with Crippen molar-refractivity contribution in [2.24, 2.45) is 0 Å². The third-order valence-corrected chi connectivity index (χ3v) is 4.39. The SMILES string of the molecule is CC(=O)NC1(CO)CCc2[nH]c3cccc(Cl)c3c2C1. The molecule has 0 saturated carbocycles. The van der Waals surface area contributed by atoms with E-state index in [9.17, 15) is 9.90 Å². The van der Waals surface area contributed by atoms with Gasteiger partial charge in [-0.15, -0.1) is 0 Å². The van der Waals surface area contributed by atoms with Crippen molar-refractivity contribution in [2.45, 2.75) is 31.7 Å². The molecule has 0 aliphatic heterocycles. The summed E-state index contributed by atoms with van der Waals surface area (Å²) < 4.78 is 0. The van der Waals surface area contributed by atoms with Crippen LogP contribution in [0.25, 0.3) is 10.9 Å². The van der Waals surface area contributed by atoms with Crippen LogP contribution in [0.15, 0.2) is 18.2 Å². The van der Waals surface area contributed by atoms with Crippen molar-refractivity contribution in [3.05, 3.63) is 34.5 Å². The van der Waals surface area contributed by atoms with E-state index in [1.54, 1.807) is 0 Å². The lowest BCUT2D eigenvalue weighted by molar-refractivity contribution is -0.121. The second-order valence-corrected chi connectivity index (χ2v) is 5.95. The largest absolute Gasteiger partial charge is 0.394 e. The molecule has 2 aromatic rings. The standard InChI is InChI=1S/C15H17ClN2O2/c1-9(20)18-15(8-19)6-5-12-10(7-15)14-11(16)3-2-4-13(14)17-12/h2-4,17,19H,5-8H2,1H3,(H,18,20). The van der Waals surface area contributed by atoms with Gasteiger partial charge in [0.15, 0.2) is 0 Å².